The molecule has 1 rings (SSSR count). The van der Waals surface area contributed by atoms with Gasteiger partial charge in [-0.3, -0.25) is 4.98 Å². The molecule has 0 amide bonds. The number of pyridine rings is 1. The topological polar surface area (TPSA) is 36.7 Å². The third-order valence-corrected chi connectivity index (χ3v) is 2.17. The predicted octanol–water partition coefficient (Wildman–Crippen LogP) is 5.46. The van der Waals surface area contributed by atoms with Crippen molar-refractivity contribution in [1.29, 1.82) is 5.26 Å². The zero-order valence-electron chi connectivity index (χ0n) is 12.8. The molecule has 0 bridgehead atoms. The Kier molecular flexibility index (Phi) is 15.7. The Bertz CT molecular complexity index is 451. The number of aromatic nitrogens is 1. The van der Waals surface area contributed by atoms with Crippen LogP contribution in [0.15, 0.2) is 54.1 Å². The molecule has 0 aliphatic carbocycles. The van der Waals surface area contributed by atoms with Gasteiger partial charge in [0, 0.05) is 18.0 Å². The first kappa shape index (κ1) is 20.5. The number of nitrogens with zero attached hydrogens (tertiary/aromatic N) is 2. The van der Waals surface area contributed by atoms with Crippen molar-refractivity contribution in [3.8, 4) is 6.07 Å². The molecule has 0 saturated carbocycles. The van der Waals surface area contributed by atoms with Crippen molar-refractivity contribution < 1.29 is 0 Å². The van der Waals surface area contributed by atoms with E-state index in [9.17, 15) is 0 Å². The monoisotopic (exact) mass is 288 g/mol. The van der Waals surface area contributed by atoms with Gasteiger partial charge in [-0.2, -0.15) is 5.26 Å². The maximum absolute atomic E-state index is 7.32. The van der Waals surface area contributed by atoms with Crippen LogP contribution >= 0.6 is 12.6 Å². The fraction of sp³-hybridized carbons (Fsp3) is 0.294. The molecule has 0 spiro atoms. The minimum absolute atomic E-state index is 0.865. The molecule has 0 atom stereocenters. The van der Waals surface area contributed by atoms with Gasteiger partial charge >= 0.3 is 0 Å². The normalized spacial score (nSPS) is 9.20. The maximum Gasteiger partial charge on any atom is 0.0696 e. The molecule has 0 aliphatic heterocycles. The van der Waals surface area contributed by atoms with Crippen LogP contribution in [0.5, 0.6) is 0 Å². The van der Waals surface area contributed by atoms with Crippen molar-refractivity contribution in [2.24, 2.45) is 0 Å². The van der Waals surface area contributed by atoms with E-state index >= 15 is 0 Å². The molecule has 20 heavy (non-hydrogen) atoms. The van der Waals surface area contributed by atoms with Crippen LogP contribution in [-0.2, 0) is 0 Å². The van der Waals surface area contributed by atoms with Crippen molar-refractivity contribution in [2.45, 2.75) is 39.0 Å². The Morgan fingerprint density at radius 1 is 1.40 bits per heavy atom. The third kappa shape index (κ3) is 11.3. The highest BCUT2D eigenvalue weighted by molar-refractivity contribution is 7.80. The van der Waals surface area contributed by atoms with Crippen LogP contribution in [0, 0.1) is 11.3 Å². The SMILES string of the molecule is C=C(/C=C\C/C=C\C)c1ccc(S)cn1.CC.CC#N. The van der Waals surface area contributed by atoms with E-state index in [0.29, 0.717) is 0 Å². The zero-order chi connectivity index (χ0) is 15.8. The van der Waals surface area contributed by atoms with Crippen molar-refractivity contribution in [3.05, 3.63) is 54.9 Å². The lowest BCUT2D eigenvalue weighted by atomic mass is 10.1. The fourth-order valence-corrected chi connectivity index (χ4v) is 1.22. The van der Waals surface area contributed by atoms with Crippen molar-refractivity contribution in [1.82, 2.24) is 4.98 Å². The summed E-state index contributed by atoms with van der Waals surface area (Å²) in [6, 6.07) is 5.58. The van der Waals surface area contributed by atoms with Crippen LogP contribution in [-0.4, -0.2) is 4.98 Å². The lowest BCUT2D eigenvalue weighted by Gasteiger charge is -1.98. The summed E-state index contributed by atoms with van der Waals surface area (Å²) in [4.78, 5) is 5.10. The van der Waals surface area contributed by atoms with Crippen LogP contribution in [0.4, 0.5) is 0 Å². The van der Waals surface area contributed by atoms with Crippen molar-refractivity contribution in [2.75, 3.05) is 0 Å². The molecule has 108 valence electrons. The second-order valence-electron chi connectivity index (χ2n) is 3.36. The van der Waals surface area contributed by atoms with E-state index in [4.69, 9.17) is 5.26 Å². The second-order valence-corrected chi connectivity index (χ2v) is 3.87. The van der Waals surface area contributed by atoms with E-state index in [2.05, 4.69) is 36.3 Å². The molecule has 0 aromatic carbocycles. The number of thiol groups is 1. The third-order valence-electron chi connectivity index (χ3n) is 1.90. The smallest absolute Gasteiger partial charge is 0.0696 e. The van der Waals surface area contributed by atoms with E-state index in [1.165, 1.54) is 6.92 Å². The van der Waals surface area contributed by atoms with E-state index in [1.54, 1.807) is 12.3 Å². The lowest BCUT2D eigenvalue weighted by Crippen LogP contribution is -1.84. The molecule has 1 aromatic rings. The van der Waals surface area contributed by atoms with Crippen molar-refractivity contribution in [3.63, 3.8) is 0 Å². The number of hydrogen-bond donors (Lipinski definition) is 1. The van der Waals surface area contributed by atoms with Gasteiger partial charge in [-0.05, 0) is 31.1 Å². The Morgan fingerprint density at radius 3 is 2.45 bits per heavy atom. The van der Waals surface area contributed by atoms with Crippen molar-refractivity contribution >= 4 is 18.2 Å². The Morgan fingerprint density at radius 2 is 2.00 bits per heavy atom. The molecule has 0 aliphatic rings. The van der Waals surface area contributed by atoms with Gasteiger partial charge in [0.05, 0.1) is 11.8 Å². The van der Waals surface area contributed by atoms with E-state index < -0.39 is 0 Å². The number of rotatable bonds is 4. The van der Waals surface area contributed by atoms with Gasteiger partial charge in [0.1, 0.15) is 0 Å². The molecular formula is C17H24N2S. The average Bonchev–Trinajstić information content (AvgIpc) is 2.47. The molecule has 3 heteroatoms. The fourth-order valence-electron chi connectivity index (χ4n) is 1.09. The largest absolute Gasteiger partial charge is 0.255 e. The van der Waals surface area contributed by atoms with Gasteiger partial charge in [-0.25, -0.2) is 0 Å². The second kappa shape index (κ2) is 15.3. The molecule has 0 saturated heterocycles. The Balaban J connectivity index is 0. The van der Waals surface area contributed by atoms with Gasteiger partial charge in [0.2, 0.25) is 0 Å². The molecule has 0 fully saturated rings. The summed E-state index contributed by atoms with van der Waals surface area (Å²) in [6.45, 7) is 11.4. The first-order chi connectivity index (χ1) is 9.65. The van der Waals surface area contributed by atoms with Crippen LogP contribution in [0.25, 0.3) is 5.57 Å². The van der Waals surface area contributed by atoms with Crippen LogP contribution in [0.1, 0.15) is 39.8 Å². The lowest BCUT2D eigenvalue weighted by molar-refractivity contribution is 1.21. The molecule has 0 radical (unpaired) electrons. The minimum Gasteiger partial charge on any atom is -0.255 e. The molecule has 0 unspecified atom stereocenters. The highest BCUT2D eigenvalue weighted by atomic mass is 32.1. The molecule has 2 nitrogen and oxygen atoms in total. The number of allylic oxidation sites excluding steroid dienone is 5. The molecule has 0 N–H and O–H groups in total. The summed E-state index contributed by atoms with van der Waals surface area (Å²) in [7, 11) is 0. The predicted molar refractivity (Wildman–Crippen MR) is 91.7 cm³/mol. The summed E-state index contributed by atoms with van der Waals surface area (Å²) < 4.78 is 0. The minimum atomic E-state index is 0.865. The summed E-state index contributed by atoms with van der Waals surface area (Å²) in [5, 5.41) is 7.32. The van der Waals surface area contributed by atoms with Gasteiger partial charge in [-0.1, -0.05) is 44.7 Å². The average molecular weight is 288 g/mol. The molecule has 1 heterocycles. The van der Waals surface area contributed by atoms with E-state index in [0.717, 1.165) is 22.6 Å². The summed E-state index contributed by atoms with van der Waals surface area (Å²) in [6.07, 6.45) is 10.8. The first-order valence-electron chi connectivity index (χ1n) is 6.58. The first-order valence-corrected chi connectivity index (χ1v) is 7.03. The highest BCUT2D eigenvalue weighted by Gasteiger charge is 1.95. The number of hydrogen-bond acceptors (Lipinski definition) is 3. The quantitative estimate of drug-likeness (QED) is 0.453. The summed E-state index contributed by atoms with van der Waals surface area (Å²) in [5.74, 6) is 0. The van der Waals surface area contributed by atoms with Gasteiger partial charge in [-0.15, -0.1) is 12.6 Å². The Labute approximate surface area is 129 Å². The summed E-state index contributed by atoms with van der Waals surface area (Å²) in [5.41, 5.74) is 1.82. The molecule has 1 aromatic heterocycles. The van der Waals surface area contributed by atoms with Gasteiger partial charge in [0.25, 0.3) is 0 Å². The van der Waals surface area contributed by atoms with E-state index in [-0.39, 0.29) is 0 Å². The molecular weight excluding hydrogens is 264 g/mol. The maximum atomic E-state index is 7.32. The highest BCUT2D eigenvalue weighted by Crippen LogP contribution is 2.13. The van der Waals surface area contributed by atoms with Gasteiger partial charge < -0.3 is 0 Å². The van der Waals surface area contributed by atoms with Gasteiger partial charge in [0.15, 0.2) is 0 Å². The van der Waals surface area contributed by atoms with Crippen LogP contribution in [0.2, 0.25) is 0 Å². The van der Waals surface area contributed by atoms with Crippen LogP contribution in [0.3, 0.4) is 0 Å². The van der Waals surface area contributed by atoms with Crippen LogP contribution < -0.4 is 0 Å². The Hall–Kier alpha value is -1.79. The summed E-state index contributed by atoms with van der Waals surface area (Å²) >= 11 is 4.18. The zero-order valence-corrected chi connectivity index (χ0v) is 13.7. The number of nitriles is 1. The standard InChI is InChI=1S/C13H15NS.C2H3N.C2H6/c1-3-4-5-6-7-11(2)13-9-8-12(15)10-14-13;1-2-3;1-2/h3-4,6-10,15H,2,5H2,1H3;1H3;1-2H3/b4-3-,7-6-;;. The van der Waals surface area contributed by atoms with E-state index in [1.807, 2.05) is 45.1 Å².